The average molecular weight is 280 g/mol. The van der Waals surface area contributed by atoms with Crippen LogP contribution in [0.25, 0.3) is 0 Å². The molecule has 0 N–H and O–H groups in total. The zero-order chi connectivity index (χ0) is 14.5. The van der Waals surface area contributed by atoms with Gasteiger partial charge in [-0.3, -0.25) is 9.59 Å². The molecule has 1 aliphatic rings. The molecule has 2 rings (SSSR count). The van der Waals surface area contributed by atoms with Crippen molar-refractivity contribution < 1.29 is 28.2 Å². The second kappa shape index (κ2) is 6.38. The molecule has 0 amide bonds. The summed E-state index contributed by atoms with van der Waals surface area (Å²) in [5, 5.41) is 0. The summed E-state index contributed by atoms with van der Waals surface area (Å²) >= 11 is 0. The maximum Gasteiger partial charge on any atom is 0.303 e. The zero-order valence-corrected chi connectivity index (χ0v) is 11.3. The van der Waals surface area contributed by atoms with Gasteiger partial charge in [0.05, 0.1) is 6.26 Å². The Morgan fingerprint density at radius 1 is 1.25 bits per heavy atom. The lowest BCUT2D eigenvalue weighted by Gasteiger charge is -2.30. The Kier molecular flexibility index (Phi) is 4.57. The molecule has 6 nitrogen and oxygen atoms in total. The fraction of sp³-hybridized carbons (Fsp3) is 0.429. The van der Waals surface area contributed by atoms with E-state index in [2.05, 4.69) is 0 Å². The summed E-state index contributed by atoms with van der Waals surface area (Å²) in [4.78, 5) is 22.0. The molecule has 0 aromatic carbocycles. The highest BCUT2D eigenvalue weighted by Gasteiger charge is 2.32. The lowest BCUT2D eigenvalue weighted by molar-refractivity contribution is -0.164. The third-order valence-electron chi connectivity index (χ3n) is 2.74. The number of carbonyl (C=O) groups is 2. The van der Waals surface area contributed by atoms with Crippen molar-refractivity contribution in [2.75, 3.05) is 6.61 Å². The maximum absolute atomic E-state index is 11.1. The Morgan fingerprint density at radius 2 is 2.05 bits per heavy atom. The van der Waals surface area contributed by atoms with Crippen LogP contribution in [-0.4, -0.2) is 30.8 Å². The molecule has 0 bridgehead atoms. The molecule has 1 aromatic heterocycles. The van der Waals surface area contributed by atoms with E-state index in [1.54, 1.807) is 30.5 Å². The molecule has 0 unspecified atom stereocenters. The molecule has 6 heteroatoms. The summed E-state index contributed by atoms with van der Waals surface area (Å²) < 4.78 is 21.1. The first kappa shape index (κ1) is 14.3. The number of hydrogen-bond donors (Lipinski definition) is 0. The van der Waals surface area contributed by atoms with Gasteiger partial charge < -0.3 is 18.6 Å². The van der Waals surface area contributed by atoms with Gasteiger partial charge in [0, 0.05) is 13.8 Å². The van der Waals surface area contributed by atoms with Crippen LogP contribution in [0.3, 0.4) is 0 Å². The summed E-state index contributed by atoms with van der Waals surface area (Å²) in [7, 11) is 0. The number of rotatable bonds is 4. The van der Waals surface area contributed by atoms with E-state index in [0.29, 0.717) is 5.76 Å². The fourth-order valence-electron chi connectivity index (χ4n) is 1.90. The average Bonchev–Trinajstić information content (AvgIpc) is 2.90. The highest BCUT2D eigenvalue weighted by Crippen LogP contribution is 2.28. The fourth-order valence-corrected chi connectivity index (χ4v) is 1.90. The van der Waals surface area contributed by atoms with Crippen LogP contribution in [0, 0.1) is 0 Å². The van der Waals surface area contributed by atoms with Gasteiger partial charge in [-0.25, -0.2) is 0 Å². The first-order valence-corrected chi connectivity index (χ1v) is 6.24. The van der Waals surface area contributed by atoms with Crippen LogP contribution in [0.4, 0.5) is 0 Å². The number of furan rings is 1. The van der Waals surface area contributed by atoms with Crippen molar-refractivity contribution in [2.45, 2.75) is 32.2 Å². The molecule has 2 heterocycles. The molecule has 1 aromatic rings. The summed E-state index contributed by atoms with van der Waals surface area (Å²) in [6.07, 6.45) is 3.47. The summed E-state index contributed by atoms with van der Waals surface area (Å²) in [5.41, 5.74) is 0. The first-order chi connectivity index (χ1) is 9.56. The van der Waals surface area contributed by atoms with Gasteiger partial charge in [0.15, 0.2) is 0 Å². The third-order valence-corrected chi connectivity index (χ3v) is 2.74. The predicted molar refractivity (Wildman–Crippen MR) is 67.6 cm³/mol. The normalized spacial score (nSPS) is 25.2. The standard InChI is InChI=1S/C14H16O6/c1-9(15)18-8-14-13(19-10(2)16)6-5-12(20-14)11-4-3-7-17-11/h3-7,12-14H,8H2,1-2H3/t12-,13-,14+/m0/s1. The van der Waals surface area contributed by atoms with Crippen molar-refractivity contribution in [3.8, 4) is 0 Å². The Labute approximate surface area is 116 Å². The van der Waals surface area contributed by atoms with E-state index in [4.69, 9.17) is 18.6 Å². The number of esters is 2. The van der Waals surface area contributed by atoms with E-state index in [9.17, 15) is 9.59 Å². The monoisotopic (exact) mass is 280 g/mol. The molecule has 20 heavy (non-hydrogen) atoms. The lowest BCUT2D eigenvalue weighted by Crippen LogP contribution is -2.39. The van der Waals surface area contributed by atoms with Crippen molar-refractivity contribution in [1.82, 2.24) is 0 Å². The van der Waals surface area contributed by atoms with Gasteiger partial charge in [-0.1, -0.05) is 0 Å². The van der Waals surface area contributed by atoms with Gasteiger partial charge in [0.1, 0.15) is 30.7 Å². The van der Waals surface area contributed by atoms with Gasteiger partial charge >= 0.3 is 11.9 Å². The summed E-state index contributed by atoms with van der Waals surface area (Å²) in [6, 6.07) is 3.54. The van der Waals surface area contributed by atoms with E-state index >= 15 is 0 Å². The van der Waals surface area contributed by atoms with Gasteiger partial charge in [-0.15, -0.1) is 0 Å². The molecule has 0 saturated heterocycles. The van der Waals surface area contributed by atoms with Crippen molar-refractivity contribution in [2.24, 2.45) is 0 Å². The SMILES string of the molecule is CC(=O)OC[C@H]1O[C@H](c2ccco2)C=C[C@@H]1OC(C)=O. The second-order valence-electron chi connectivity index (χ2n) is 4.37. The van der Waals surface area contributed by atoms with E-state index < -0.39 is 30.3 Å². The molecular formula is C14H16O6. The number of carbonyl (C=O) groups excluding carboxylic acids is 2. The Bertz CT molecular complexity index is 490. The van der Waals surface area contributed by atoms with Crippen LogP contribution in [0.2, 0.25) is 0 Å². The van der Waals surface area contributed by atoms with Crippen molar-refractivity contribution in [1.29, 1.82) is 0 Å². The molecule has 0 fully saturated rings. The van der Waals surface area contributed by atoms with Crippen molar-refractivity contribution >= 4 is 11.9 Å². The Morgan fingerprint density at radius 3 is 2.65 bits per heavy atom. The van der Waals surface area contributed by atoms with Crippen molar-refractivity contribution in [3.05, 3.63) is 36.3 Å². The number of hydrogen-bond acceptors (Lipinski definition) is 6. The maximum atomic E-state index is 11.1. The lowest BCUT2D eigenvalue weighted by atomic mass is 10.1. The minimum Gasteiger partial charge on any atom is -0.466 e. The van der Waals surface area contributed by atoms with Crippen LogP contribution in [0.15, 0.2) is 35.0 Å². The van der Waals surface area contributed by atoms with Crippen LogP contribution in [0.1, 0.15) is 25.7 Å². The van der Waals surface area contributed by atoms with Gasteiger partial charge in [-0.2, -0.15) is 0 Å². The van der Waals surface area contributed by atoms with Crippen LogP contribution < -0.4 is 0 Å². The highest BCUT2D eigenvalue weighted by atomic mass is 16.6. The summed E-state index contributed by atoms with van der Waals surface area (Å²) in [5.74, 6) is -0.206. The molecule has 0 spiro atoms. The van der Waals surface area contributed by atoms with E-state index in [-0.39, 0.29) is 6.61 Å². The third kappa shape index (κ3) is 3.71. The smallest absolute Gasteiger partial charge is 0.303 e. The second-order valence-corrected chi connectivity index (χ2v) is 4.37. The van der Waals surface area contributed by atoms with Crippen LogP contribution >= 0.6 is 0 Å². The molecule has 1 aliphatic heterocycles. The minimum absolute atomic E-state index is 0.00876. The van der Waals surface area contributed by atoms with E-state index in [0.717, 1.165) is 0 Å². The van der Waals surface area contributed by atoms with Crippen LogP contribution in [-0.2, 0) is 23.8 Å². The van der Waals surface area contributed by atoms with Gasteiger partial charge in [0.25, 0.3) is 0 Å². The predicted octanol–water partition coefficient (Wildman–Crippen LogP) is 1.77. The van der Waals surface area contributed by atoms with E-state index in [1.165, 1.54) is 13.8 Å². The number of ether oxygens (including phenoxy) is 3. The molecular weight excluding hydrogens is 264 g/mol. The minimum atomic E-state index is -0.585. The Balaban J connectivity index is 2.08. The van der Waals surface area contributed by atoms with Crippen molar-refractivity contribution in [3.63, 3.8) is 0 Å². The topological polar surface area (TPSA) is 75.0 Å². The molecule has 108 valence electrons. The zero-order valence-electron chi connectivity index (χ0n) is 11.3. The highest BCUT2D eigenvalue weighted by molar-refractivity contribution is 5.66. The van der Waals surface area contributed by atoms with Gasteiger partial charge in [0.2, 0.25) is 0 Å². The van der Waals surface area contributed by atoms with Crippen LogP contribution in [0.5, 0.6) is 0 Å². The molecule has 0 saturated carbocycles. The molecule has 0 aliphatic carbocycles. The molecule has 3 atom stereocenters. The van der Waals surface area contributed by atoms with Gasteiger partial charge in [-0.05, 0) is 24.3 Å². The molecule has 0 radical (unpaired) electrons. The largest absolute Gasteiger partial charge is 0.466 e. The first-order valence-electron chi connectivity index (χ1n) is 6.24. The summed E-state index contributed by atoms with van der Waals surface area (Å²) in [6.45, 7) is 2.63. The quantitative estimate of drug-likeness (QED) is 0.618. The Hall–Kier alpha value is -2.08. The van der Waals surface area contributed by atoms with E-state index in [1.807, 2.05) is 0 Å².